The first-order chi connectivity index (χ1) is 13.8. The van der Waals surface area contributed by atoms with Gasteiger partial charge in [-0.25, -0.2) is 14.4 Å². The number of para-hydroxylation sites is 2. The predicted molar refractivity (Wildman–Crippen MR) is 106 cm³/mol. The van der Waals surface area contributed by atoms with Gasteiger partial charge in [-0.2, -0.15) is 0 Å². The highest BCUT2D eigenvalue weighted by Crippen LogP contribution is 2.20. The summed E-state index contributed by atoms with van der Waals surface area (Å²) >= 11 is 0. The van der Waals surface area contributed by atoms with Gasteiger partial charge in [0.25, 0.3) is 0 Å². The number of hydrogen-bond donors (Lipinski definition) is 1. The summed E-state index contributed by atoms with van der Waals surface area (Å²) < 4.78 is 17.2. The van der Waals surface area contributed by atoms with Crippen LogP contribution in [0.15, 0.2) is 33.5 Å². The third-order valence-electron chi connectivity index (χ3n) is 4.52. The lowest BCUT2D eigenvalue weighted by molar-refractivity contribution is 0.0376. The molecule has 0 atom stereocenters. The molecule has 154 valence electrons. The zero-order valence-corrected chi connectivity index (χ0v) is 16.9. The quantitative estimate of drug-likeness (QED) is 0.482. The van der Waals surface area contributed by atoms with E-state index in [1.54, 1.807) is 45.9 Å². The molecule has 0 fully saturated rings. The Morgan fingerprint density at radius 1 is 1.17 bits per heavy atom. The van der Waals surface area contributed by atoms with Gasteiger partial charge >= 0.3 is 17.7 Å². The molecule has 29 heavy (non-hydrogen) atoms. The lowest BCUT2D eigenvalue weighted by Crippen LogP contribution is -2.16. The Labute approximate surface area is 167 Å². The van der Waals surface area contributed by atoms with Crippen LogP contribution in [0.5, 0.6) is 0 Å². The number of H-pyrrole nitrogens is 1. The molecule has 2 heterocycles. The minimum absolute atomic E-state index is 0.119. The fourth-order valence-corrected chi connectivity index (χ4v) is 3.22. The molecule has 0 saturated carbocycles. The first-order valence-electron chi connectivity index (χ1n) is 9.45. The van der Waals surface area contributed by atoms with E-state index in [0.717, 1.165) is 0 Å². The number of rotatable bonds is 7. The molecule has 0 aliphatic rings. The predicted octanol–water partition coefficient (Wildman–Crippen LogP) is 3.35. The van der Waals surface area contributed by atoms with Gasteiger partial charge in [0.2, 0.25) is 0 Å². The number of aromatic amines is 1. The van der Waals surface area contributed by atoms with Crippen molar-refractivity contribution in [2.75, 3.05) is 6.61 Å². The molecular weight excluding hydrogens is 376 g/mol. The van der Waals surface area contributed by atoms with Crippen LogP contribution in [0.1, 0.15) is 52.4 Å². The number of fused-ring (bicyclic) bond motifs is 1. The number of aromatic nitrogens is 2. The van der Waals surface area contributed by atoms with Crippen LogP contribution in [-0.2, 0) is 16.0 Å². The molecule has 3 rings (SSSR count). The Morgan fingerprint density at radius 3 is 2.62 bits per heavy atom. The van der Waals surface area contributed by atoms with Crippen molar-refractivity contribution in [3.05, 3.63) is 57.3 Å². The lowest BCUT2D eigenvalue weighted by atomic mass is 10.1. The molecule has 0 radical (unpaired) electrons. The molecular formula is C21H24N2O6. The minimum atomic E-state index is -0.557. The topological polar surface area (TPSA) is 104 Å². The summed E-state index contributed by atoms with van der Waals surface area (Å²) in [6.45, 7) is 7.38. The number of nitrogens with zero attached hydrogens (tertiary/aromatic N) is 1. The van der Waals surface area contributed by atoms with Gasteiger partial charge < -0.3 is 18.9 Å². The van der Waals surface area contributed by atoms with Crippen LogP contribution in [-0.4, -0.2) is 34.2 Å². The van der Waals surface area contributed by atoms with E-state index in [9.17, 15) is 14.4 Å². The summed E-state index contributed by atoms with van der Waals surface area (Å²) in [6.07, 6.45) is 0.185. The van der Waals surface area contributed by atoms with Gasteiger partial charge in [0.1, 0.15) is 5.69 Å². The summed E-state index contributed by atoms with van der Waals surface area (Å²) in [4.78, 5) is 39.5. The molecule has 3 aromatic rings. The Kier molecular flexibility index (Phi) is 5.91. The van der Waals surface area contributed by atoms with Crippen molar-refractivity contribution < 1.29 is 23.5 Å². The number of benzene rings is 1. The summed E-state index contributed by atoms with van der Waals surface area (Å²) in [5, 5.41) is 0. The van der Waals surface area contributed by atoms with Crippen LogP contribution in [0.3, 0.4) is 0 Å². The van der Waals surface area contributed by atoms with E-state index in [-0.39, 0.29) is 18.4 Å². The second kappa shape index (κ2) is 8.38. The molecule has 0 saturated heterocycles. The van der Waals surface area contributed by atoms with Gasteiger partial charge in [-0.3, -0.25) is 4.57 Å². The van der Waals surface area contributed by atoms with Crippen molar-refractivity contribution in [3.8, 4) is 0 Å². The number of ether oxygens (including phenoxy) is 2. The van der Waals surface area contributed by atoms with E-state index in [1.807, 2.05) is 6.07 Å². The number of aryl methyl sites for hydroxylation is 2. The van der Waals surface area contributed by atoms with Crippen LogP contribution >= 0.6 is 0 Å². The third-order valence-corrected chi connectivity index (χ3v) is 4.52. The SMILES string of the molecule is Cc1[nH]c(C(=O)OCCCn2c(=O)oc3ccccc32)c(C)c1C(=O)OC(C)C. The smallest absolute Gasteiger partial charge is 0.419 e. The van der Waals surface area contributed by atoms with E-state index in [2.05, 4.69) is 4.98 Å². The van der Waals surface area contributed by atoms with Crippen LogP contribution in [0.4, 0.5) is 0 Å². The summed E-state index contributed by atoms with van der Waals surface area (Å²) in [5.41, 5.74) is 2.85. The van der Waals surface area contributed by atoms with Crippen LogP contribution in [0.2, 0.25) is 0 Å². The van der Waals surface area contributed by atoms with Crippen molar-refractivity contribution >= 4 is 23.0 Å². The fraction of sp³-hybridized carbons (Fsp3) is 0.381. The molecule has 8 nitrogen and oxygen atoms in total. The highest BCUT2D eigenvalue weighted by Gasteiger charge is 2.24. The molecule has 0 unspecified atom stereocenters. The standard InChI is InChI=1S/C21H24N2O6/c1-12(2)28-19(24)17-13(3)18(22-14(17)4)20(25)27-11-7-10-23-15-8-5-6-9-16(15)29-21(23)26/h5-6,8-9,12,22H,7,10-11H2,1-4H3. The Morgan fingerprint density at radius 2 is 1.90 bits per heavy atom. The van der Waals surface area contributed by atoms with Gasteiger partial charge in [0.15, 0.2) is 5.58 Å². The summed E-state index contributed by atoms with van der Waals surface area (Å²) in [7, 11) is 0. The average molecular weight is 400 g/mol. The number of carbonyl (C=O) groups excluding carboxylic acids is 2. The Bertz CT molecular complexity index is 1100. The highest BCUT2D eigenvalue weighted by molar-refractivity contribution is 5.98. The van der Waals surface area contributed by atoms with E-state index in [4.69, 9.17) is 13.9 Å². The molecule has 2 aromatic heterocycles. The Balaban J connectivity index is 1.62. The zero-order chi connectivity index (χ0) is 21.1. The number of hydrogen-bond acceptors (Lipinski definition) is 6. The number of oxazole rings is 1. The monoisotopic (exact) mass is 400 g/mol. The summed E-state index contributed by atoms with van der Waals surface area (Å²) in [6, 6.07) is 7.15. The van der Waals surface area contributed by atoms with E-state index in [1.165, 1.54) is 4.57 Å². The molecule has 1 N–H and O–H groups in total. The van der Waals surface area contributed by atoms with Gasteiger partial charge in [0.05, 0.1) is 23.8 Å². The molecule has 8 heteroatoms. The third kappa shape index (κ3) is 4.26. The molecule has 0 amide bonds. The number of carbonyl (C=O) groups is 2. The van der Waals surface area contributed by atoms with Gasteiger partial charge in [-0.05, 0) is 51.8 Å². The van der Waals surface area contributed by atoms with Crippen LogP contribution in [0, 0.1) is 13.8 Å². The fourth-order valence-electron chi connectivity index (χ4n) is 3.22. The van der Waals surface area contributed by atoms with Crippen LogP contribution in [0.25, 0.3) is 11.1 Å². The molecule has 0 spiro atoms. The zero-order valence-electron chi connectivity index (χ0n) is 16.9. The second-order valence-corrected chi connectivity index (χ2v) is 7.06. The Hall–Kier alpha value is -3.29. The van der Waals surface area contributed by atoms with E-state index >= 15 is 0 Å². The highest BCUT2D eigenvalue weighted by atomic mass is 16.5. The van der Waals surface area contributed by atoms with Crippen molar-refractivity contribution in [2.24, 2.45) is 0 Å². The maximum Gasteiger partial charge on any atom is 0.419 e. The average Bonchev–Trinajstić information content (AvgIpc) is 3.13. The van der Waals surface area contributed by atoms with Crippen LogP contribution < -0.4 is 5.76 Å². The van der Waals surface area contributed by atoms with Crippen molar-refractivity contribution in [3.63, 3.8) is 0 Å². The van der Waals surface area contributed by atoms with Gasteiger partial charge in [-0.1, -0.05) is 12.1 Å². The number of nitrogens with one attached hydrogen (secondary N) is 1. The number of esters is 2. The maximum atomic E-state index is 12.4. The van der Waals surface area contributed by atoms with E-state index in [0.29, 0.717) is 40.9 Å². The molecule has 1 aromatic carbocycles. The van der Waals surface area contributed by atoms with Gasteiger partial charge in [-0.15, -0.1) is 0 Å². The van der Waals surface area contributed by atoms with Crippen molar-refractivity contribution in [1.29, 1.82) is 0 Å². The first kappa shape index (κ1) is 20.4. The lowest BCUT2D eigenvalue weighted by Gasteiger charge is -2.08. The molecule has 0 aliphatic heterocycles. The van der Waals surface area contributed by atoms with Gasteiger partial charge in [0, 0.05) is 12.2 Å². The van der Waals surface area contributed by atoms with Crippen molar-refractivity contribution in [1.82, 2.24) is 9.55 Å². The van der Waals surface area contributed by atoms with E-state index < -0.39 is 17.7 Å². The maximum absolute atomic E-state index is 12.4. The normalized spacial score (nSPS) is 11.2. The second-order valence-electron chi connectivity index (χ2n) is 7.06. The first-order valence-corrected chi connectivity index (χ1v) is 9.45. The summed E-state index contributed by atoms with van der Waals surface area (Å²) in [5.74, 6) is -1.48. The minimum Gasteiger partial charge on any atom is -0.461 e. The molecule has 0 bridgehead atoms. The van der Waals surface area contributed by atoms with Crippen molar-refractivity contribution in [2.45, 2.75) is 46.8 Å². The molecule has 0 aliphatic carbocycles. The largest absolute Gasteiger partial charge is 0.461 e.